The van der Waals surface area contributed by atoms with Gasteiger partial charge in [0.1, 0.15) is 34.2 Å². The Kier molecular flexibility index (Phi) is 6.63. The second kappa shape index (κ2) is 10.6. The molecule has 42 heavy (non-hydrogen) atoms. The minimum absolute atomic E-state index is 0.0344. The highest BCUT2D eigenvalue weighted by Gasteiger charge is 2.34. The van der Waals surface area contributed by atoms with E-state index in [4.69, 9.17) is 13.6 Å². The summed E-state index contributed by atoms with van der Waals surface area (Å²) in [7, 11) is 1.53. The van der Waals surface area contributed by atoms with Crippen LogP contribution in [0.2, 0.25) is 0 Å². The summed E-state index contributed by atoms with van der Waals surface area (Å²) in [6, 6.07) is 23.7. The zero-order valence-corrected chi connectivity index (χ0v) is 22.0. The SMILES string of the molecule is COc1cccc(N=Nc2ccc(O)c(C(c3c(O)c4ccccc4oc3=O)c3c(O)c4ccccc4oc3=O)c2)c1. The van der Waals surface area contributed by atoms with Crippen LogP contribution in [0.15, 0.2) is 120 Å². The molecular formula is C32H22N2O8. The molecule has 0 aliphatic carbocycles. The topological polar surface area (TPSA) is 155 Å². The zero-order valence-electron chi connectivity index (χ0n) is 22.0. The van der Waals surface area contributed by atoms with E-state index in [-0.39, 0.29) is 50.1 Å². The molecule has 2 heterocycles. The van der Waals surface area contributed by atoms with Crippen molar-refractivity contribution in [1.29, 1.82) is 0 Å². The van der Waals surface area contributed by atoms with Gasteiger partial charge in [0.05, 0.1) is 46.3 Å². The van der Waals surface area contributed by atoms with Crippen molar-refractivity contribution in [2.75, 3.05) is 7.11 Å². The first kappa shape index (κ1) is 26.3. The Morgan fingerprint density at radius 2 is 1.21 bits per heavy atom. The molecule has 3 N–H and O–H groups in total. The van der Waals surface area contributed by atoms with E-state index in [1.807, 2.05) is 0 Å². The maximum absolute atomic E-state index is 13.4. The Labute approximate surface area is 237 Å². The number of aromatic hydroxyl groups is 3. The molecule has 0 unspecified atom stereocenters. The molecule has 0 radical (unpaired) electrons. The van der Waals surface area contributed by atoms with Gasteiger partial charge in [-0.3, -0.25) is 0 Å². The van der Waals surface area contributed by atoms with E-state index in [2.05, 4.69) is 10.2 Å². The summed E-state index contributed by atoms with van der Waals surface area (Å²) in [4.78, 5) is 26.8. The minimum Gasteiger partial charge on any atom is -0.508 e. The summed E-state index contributed by atoms with van der Waals surface area (Å²) in [5.41, 5.74) is -1.81. The molecule has 0 fully saturated rings. The predicted molar refractivity (Wildman–Crippen MR) is 155 cm³/mol. The summed E-state index contributed by atoms with van der Waals surface area (Å²) in [5, 5.41) is 42.6. The third-order valence-electron chi connectivity index (χ3n) is 6.87. The Morgan fingerprint density at radius 1 is 0.667 bits per heavy atom. The highest BCUT2D eigenvalue weighted by atomic mass is 16.5. The highest BCUT2D eigenvalue weighted by Crippen LogP contribution is 2.45. The summed E-state index contributed by atoms with van der Waals surface area (Å²) >= 11 is 0. The van der Waals surface area contributed by atoms with E-state index >= 15 is 0 Å². The monoisotopic (exact) mass is 562 g/mol. The Morgan fingerprint density at radius 3 is 1.79 bits per heavy atom. The molecule has 0 aliphatic heterocycles. The molecule has 2 aromatic heterocycles. The molecule has 208 valence electrons. The molecule has 0 bridgehead atoms. The van der Waals surface area contributed by atoms with Crippen LogP contribution < -0.4 is 16.0 Å². The Bertz CT molecular complexity index is 2030. The second-order valence-electron chi connectivity index (χ2n) is 9.37. The molecule has 0 saturated heterocycles. The summed E-state index contributed by atoms with van der Waals surface area (Å²) in [5.74, 6) is -2.27. The van der Waals surface area contributed by atoms with Gasteiger partial charge in [0.25, 0.3) is 0 Å². The van der Waals surface area contributed by atoms with Crippen LogP contribution >= 0.6 is 0 Å². The average Bonchev–Trinajstić information content (AvgIpc) is 3.00. The quantitative estimate of drug-likeness (QED) is 0.151. The lowest BCUT2D eigenvalue weighted by Crippen LogP contribution is -2.21. The van der Waals surface area contributed by atoms with Gasteiger partial charge in [-0.2, -0.15) is 10.2 Å². The fourth-order valence-electron chi connectivity index (χ4n) is 4.88. The van der Waals surface area contributed by atoms with Crippen LogP contribution in [0.1, 0.15) is 22.6 Å². The normalized spacial score (nSPS) is 11.6. The first-order valence-corrected chi connectivity index (χ1v) is 12.7. The maximum Gasteiger partial charge on any atom is 0.344 e. The lowest BCUT2D eigenvalue weighted by atomic mass is 9.84. The number of phenols is 1. The summed E-state index contributed by atoms with van der Waals surface area (Å²) < 4.78 is 16.2. The Hall–Kier alpha value is -5.90. The van der Waals surface area contributed by atoms with Crippen LogP contribution in [-0.2, 0) is 0 Å². The molecule has 6 rings (SSSR count). The molecule has 10 nitrogen and oxygen atoms in total. The number of rotatable bonds is 6. The number of fused-ring (bicyclic) bond motifs is 2. The van der Waals surface area contributed by atoms with E-state index < -0.39 is 28.7 Å². The Balaban J connectivity index is 1.62. The molecule has 0 amide bonds. The lowest BCUT2D eigenvalue weighted by molar-refractivity contribution is 0.415. The summed E-state index contributed by atoms with van der Waals surface area (Å²) in [6.07, 6.45) is 0. The van der Waals surface area contributed by atoms with Gasteiger partial charge >= 0.3 is 11.3 Å². The van der Waals surface area contributed by atoms with Crippen LogP contribution in [0.5, 0.6) is 23.0 Å². The third-order valence-corrected chi connectivity index (χ3v) is 6.87. The van der Waals surface area contributed by atoms with E-state index in [9.17, 15) is 24.9 Å². The maximum atomic E-state index is 13.4. The number of hydrogen-bond acceptors (Lipinski definition) is 10. The number of nitrogens with zero attached hydrogens (tertiary/aromatic N) is 2. The van der Waals surface area contributed by atoms with Crippen molar-refractivity contribution in [3.05, 3.63) is 129 Å². The van der Waals surface area contributed by atoms with Crippen molar-refractivity contribution in [2.45, 2.75) is 5.92 Å². The fourth-order valence-corrected chi connectivity index (χ4v) is 4.88. The minimum atomic E-state index is -1.53. The first-order valence-electron chi connectivity index (χ1n) is 12.7. The van der Waals surface area contributed by atoms with Crippen LogP contribution in [0.4, 0.5) is 11.4 Å². The van der Waals surface area contributed by atoms with Gasteiger partial charge in [0, 0.05) is 11.6 Å². The molecule has 0 spiro atoms. The van der Waals surface area contributed by atoms with Crippen molar-refractivity contribution in [3.63, 3.8) is 0 Å². The van der Waals surface area contributed by atoms with Gasteiger partial charge < -0.3 is 28.9 Å². The van der Waals surface area contributed by atoms with Crippen molar-refractivity contribution < 1.29 is 28.9 Å². The van der Waals surface area contributed by atoms with Gasteiger partial charge in [-0.25, -0.2) is 9.59 Å². The van der Waals surface area contributed by atoms with Crippen LogP contribution in [-0.4, -0.2) is 22.4 Å². The third kappa shape index (κ3) is 4.60. The van der Waals surface area contributed by atoms with Crippen molar-refractivity contribution >= 4 is 33.3 Å². The number of azo groups is 1. The molecule has 0 aliphatic rings. The number of phenolic OH excluding ortho intramolecular Hbond substituents is 1. The number of methoxy groups -OCH3 is 1. The van der Waals surface area contributed by atoms with E-state index in [0.717, 1.165) is 0 Å². The molecular weight excluding hydrogens is 540 g/mol. The van der Waals surface area contributed by atoms with Crippen LogP contribution in [0, 0.1) is 0 Å². The first-order chi connectivity index (χ1) is 20.4. The van der Waals surface area contributed by atoms with E-state index in [1.54, 1.807) is 48.5 Å². The standard InChI is InChI=1S/C32H22N2O8/c1-40-19-8-6-7-17(15-19)33-34-18-13-14-23(35)22(16-18)26(27-29(36)20-9-2-4-11-24(20)41-31(27)38)28-30(37)21-10-3-5-12-25(21)42-32(28)39/h2-16,26,35-37H,1H3. The largest absolute Gasteiger partial charge is 0.508 e. The lowest BCUT2D eigenvalue weighted by Gasteiger charge is -2.20. The van der Waals surface area contributed by atoms with Crippen LogP contribution in [0.3, 0.4) is 0 Å². The number of hydrogen-bond donors (Lipinski definition) is 3. The smallest absolute Gasteiger partial charge is 0.344 e. The zero-order chi connectivity index (χ0) is 29.4. The van der Waals surface area contributed by atoms with Crippen molar-refractivity contribution in [3.8, 4) is 23.0 Å². The highest BCUT2D eigenvalue weighted by molar-refractivity contribution is 5.87. The molecule has 0 saturated carbocycles. The van der Waals surface area contributed by atoms with Gasteiger partial charge in [-0.05, 0) is 54.6 Å². The van der Waals surface area contributed by atoms with E-state index in [1.165, 1.54) is 49.6 Å². The fraction of sp³-hybridized carbons (Fsp3) is 0.0625. The number of ether oxygens (including phenoxy) is 1. The van der Waals surface area contributed by atoms with Gasteiger partial charge in [-0.1, -0.05) is 30.3 Å². The predicted octanol–water partition coefficient (Wildman–Crippen LogP) is 6.62. The molecule has 0 atom stereocenters. The van der Waals surface area contributed by atoms with Gasteiger partial charge in [0.15, 0.2) is 0 Å². The van der Waals surface area contributed by atoms with E-state index in [0.29, 0.717) is 11.4 Å². The van der Waals surface area contributed by atoms with Crippen LogP contribution in [0.25, 0.3) is 21.9 Å². The molecule has 4 aromatic carbocycles. The number of benzene rings is 4. The van der Waals surface area contributed by atoms with Crippen molar-refractivity contribution in [1.82, 2.24) is 0 Å². The molecule has 6 aromatic rings. The van der Waals surface area contributed by atoms with Gasteiger partial charge in [0.2, 0.25) is 0 Å². The van der Waals surface area contributed by atoms with Gasteiger partial charge in [-0.15, -0.1) is 0 Å². The molecule has 10 heteroatoms. The average molecular weight is 563 g/mol. The summed E-state index contributed by atoms with van der Waals surface area (Å²) in [6.45, 7) is 0. The van der Waals surface area contributed by atoms with Crippen molar-refractivity contribution in [2.24, 2.45) is 10.2 Å². The second-order valence-corrected chi connectivity index (χ2v) is 9.37. The number of para-hydroxylation sites is 2.